The number of furan rings is 1. The van der Waals surface area contributed by atoms with Gasteiger partial charge in [-0.3, -0.25) is 4.57 Å². The first kappa shape index (κ1) is 38.4. The lowest BCUT2D eigenvalue weighted by molar-refractivity contribution is 0.665. The number of aryl methyl sites for hydroxylation is 1. The molecule has 2 aliphatic rings. The van der Waals surface area contributed by atoms with Crippen LogP contribution in [0.4, 0.5) is 0 Å². The number of fused-ring (bicyclic) bond motifs is 13. The summed E-state index contributed by atoms with van der Waals surface area (Å²) < 4.78 is 11.7. The van der Waals surface area contributed by atoms with Crippen molar-refractivity contribution in [2.45, 2.75) is 32.1 Å². The SMILES string of the molecule is CC1C/C=C(\c2ccc3sc4ccccc4c3c2)N=C(n2c3ccccc3c3ccccc32)N=C1c1cc(C2CCc3cc4ccccc4cc3-c3ccccc32)cc2oc3ccccc3c12. The molecular weight excluding hydrogens is 835 g/mol. The molecule has 14 rings (SSSR count). The van der Waals surface area contributed by atoms with Crippen molar-refractivity contribution in [2.75, 3.05) is 0 Å². The minimum absolute atomic E-state index is 0.0320. The maximum atomic E-state index is 6.89. The maximum Gasteiger partial charge on any atom is 0.235 e. The zero-order valence-electron chi connectivity index (χ0n) is 36.9. The highest BCUT2D eigenvalue weighted by molar-refractivity contribution is 7.25. The smallest absolute Gasteiger partial charge is 0.235 e. The number of hydrogen-bond acceptors (Lipinski definition) is 4. The van der Waals surface area contributed by atoms with E-state index in [9.17, 15) is 0 Å². The molecule has 0 saturated carbocycles. The first-order valence-corrected chi connectivity index (χ1v) is 24.3. The van der Waals surface area contributed by atoms with Gasteiger partial charge in [-0.25, -0.2) is 9.98 Å². The molecule has 1 aliphatic carbocycles. The van der Waals surface area contributed by atoms with Gasteiger partial charge in [0.2, 0.25) is 5.96 Å². The van der Waals surface area contributed by atoms with Gasteiger partial charge in [0.05, 0.1) is 22.4 Å². The normalized spacial score (nSPS) is 17.3. The summed E-state index contributed by atoms with van der Waals surface area (Å²) in [6.45, 7) is 2.33. The van der Waals surface area contributed by atoms with Gasteiger partial charge in [0.1, 0.15) is 11.2 Å². The molecule has 0 radical (unpaired) electrons. The predicted molar refractivity (Wildman–Crippen MR) is 283 cm³/mol. The third-order valence-corrected chi connectivity index (χ3v) is 15.7. The van der Waals surface area contributed by atoms with Crippen molar-refractivity contribution < 1.29 is 4.42 Å². The van der Waals surface area contributed by atoms with Gasteiger partial charge in [-0.2, -0.15) is 0 Å². The average Bonchev–Trinajstić information content (AvgIpc) is 4.01. The molecule has 0 N–H and O–H groups in total. The quantitative estimate of drug-likeness (QED) is 0.174. The number of aromatic nitrogens is 1. The Hall–Kier alpha value is -7.86. The number of rotatable bonds is 3. The molecule has 1 aliphatic heterocycles. The Bertz CT molecular complexity index is 4070. The number of benzene rings is 9. The molecule has 4 heterocycles. The van der Waals surface area contributed by atoms with E-state index in [1.54, 1.807) is 0 Å². The molecule has 4 nitrogen and oxygen atoms in total. The molecule has 0 amide bonds. The fourth-order valence-electron chi connectivity index (χ4n) is 11.3. The van der Waals surface area contributed by atoms with Crippen LogP contribution in [-0.4, -0.2) is 16.2 Å². The number of para-hydroxylation sites is 3. The van der Waals surface area contributed by atoms with Crippen molar-refractivity contribution in [3.8, 4) is 11.1 Å². The van der Waals surface area contributed by atoms with Crippen molar-refractivity contribution in [3.63, 3.8) is 0 Å². The standard InChI is InChI=1S/C62H43N3OS/c1-37-26-30-53(41-28-31-59-51(34-41)48-20-9-13-25-58(48)67-59)63-62(65-54-22-10-6-18-46(54)47-19-7-11-23-55(47)65)64-61(37)52-35-42(36-57-60(52)49-21-8-12-24-56(49)66-57)43-29-27-40-32-38-14-2-3-15-39(38)33-50(40)45-17-5-4-16-44(43)45/h2-25,28,30-37,43H,26-27,29H2,1H3/b53-30+,63-62?,64-61?. The van der Waals surface area contributed by atoms with Crippen LogP contribution in [0.15, 0.2) is 209 Å². The van der Waals surface area contributed by atoms with Gasteiger partial charge in [-0.1, -0.05) is 146 Å². The number of hydrogen-bond donors (Lipinski definition) is 0. The topological polar surface area (TPSA) is 42.8 Å². The largest absolute Gasteiger partial charge is 0.456 e. The molecule has 0 saturated heterocycles. The van der Waals surface area contributed by atoms with Crippen LogP contribution in [0.2, 0.25) is 0 Å². The Morgan fingerprint density at radius 2 is 1.24 bits per heavy atom. The van der Waals surface area contributed by atoms with E-state index in [4.69, 9.17) is 14.4 Å². The fourth-order valence-corrected chi connectivity index (χ4v) is 12.4. The molecule has 3 aromatic heterocycles. The molecule has 0 bridgehead atoms. The van der Waals surface area contributed by atoms with E-state index in [1.807, 2.05) is 11.3 Å². The summed E-state index contributed by atoms with van der Waals surface area (Å²) in [5.74, 6) is 0.811. The molecule has 9 aromatic carbocycles. The van der Waals surface area contributed by atoms with Crippen LogP contribution in [-0.2, 0) is 6.42 Å². The third kappa shape index (κ3) is 6.11. The van der Waals surface area contributed by atoms with Gasteiger partial charge in [0.15, 0.2) is 0 Å². The van der Waals surface area contributed by atoms with Crippen LogP contribution in [0.25, 0.3) is 91.5 Å². The summed E-state index contributed by atoms with van der Waals surface area (Å²) >= 11 is 1.84. The third-order valence-electron chi connectivity index (χ3n) is 14.5. The zero-order valence-corrected chi connectivity index (χ0v) is 37.7. The molecule has 67 heavy (non-hydrogen) atoms. The van der Waals surface area contributed by atoms with E-state index in [2.05, 4.69) is 206 Å². The van der Waals surface area contributed by atoms with Crippen LogP contribution < -0.4 is 0 Å². The van der Waals surface area contributed by atoms with Gasteiger partial charge in [0, 0.05) is 64.7 Å². The molecule has 5 heteroatoms. The first-order valence-electron chi connectivity index (χ1n) is 23.5. The molecular formula is C62H43N3OS. The van der Waals surface area contributed by atoms with Crippen molar-refractivity contribution in [3.05, 3.63) is 222 Å². The van der Waals surface area contributed by atoms with Crippen molar-refractivity contribution in [1.82, 2.24) is 4.57 Å². The van der Waals surface area contributed by atoms with Crippen LogP contribution in [0.1, 0.15) is 53.5 Å². The lowest BCUT2D eigenvalue weighted by Gasteiger charge is -2.23. The van der Waals surface area contributed by atoms with E-state index in [0.29, 0.717) is 5.96 Å². The zero-order chi connectivity index (χ0) is 44.2. The Kier molecular flexibility index (Phi) is 8.65. The highest BCUT2D eigenvalue weighted by Gasteiger charge is 2.29. The van der Waals surface area contributed by atoms with Gasteiger partial charge in [-0.05, 0) is 112 Å². The molecule has 0 spiro atoms. The van der Waals surface area contributed by atoms with Crippen molar-refractivity contribution in [1.29, 1.82) is 0 Å². The van der Waals surface area contributed by atoms with Gasteiger partial charge in [-0.15, -0.1) is 11.3 Å². The monoisotopic (exact) mass is 877 g/mol. The molecule has 2 unspecified atom stereocenters. The summed E-state index contributed by atoms with van der Waals surface area (Å²) in [4.78, 5) is 11.6. The Morgan fingerprint density at radius 1 is 0.552 bits per heavy atom. The average molecular weight is 878 g/mol. The van der Waals surface area contributed by atoms with Crippen LogP contribution in [0.5, 0.6) is 0 Å². The van der Waals surface area contributed by atoms with E-state index in [0.717, 1.165) is 74.8 Å². The summed E-state index contributed by atoms with van der Waals surface area (Å²) in [6.07, 6.45) is 5.05. The summed E-state index contributed by atoms with van der Waals surface area (Å²) in [5.41, 5.74) is 14.7. The van der Waals surface area contributed by atoms with E-state index < -0.39 is 0 Å². The Balaban J connectivity index is 1.01. The van der Waals surface area contributed by atoms with Crippen LogP contribution in [0.3, 0.4) is 0 Å². The second-order valence-corrected chi connectivity index (χ2v) is 19.5. The van der Waals surface area contributed by atoms with Crippen LogP contribution in [0, 0.1) is 5.92 Å². The predicted octanol–water partition coefficient (Wildman–Crippen LogP) is 16.7. The van der Waals surface area contributed by atoms with Crippen molar-refractivity contribution >= 4 is 103 Å². The van der Waals surface area contributed by atoms with E-state index >= 15 is 0 Å². The van der Waals surface area contributed by atoms with Crippen LogP contribution >= 0.6 is 11.3 Å². The molecule has 318 valence electrons. The number of allylic oxidation sites excluding steroid dienone is 1. The first-order chi connectivity index (χ1) is 33.1. The molecule has 0 fully saturated rings. The number of nitrogens with zero attached hydrogens (tertiary/aromatic N) is 3. The second-order valence-electron chi connectivity index (χ2n) is 18.4. The van der Waals surface area contributed by atoms with Gasteiger partial charge in [0.25, 0.3) is 0 Å². The molecule has 12 aromatic rings. The minimum Gasteiger partial charge on any atom is -0.456 e. The number of thiophene rings is 1. The lowest BCUT2D eigenvalue weighted by Crippen LogP contribution is -2.20. The maximum absolute atomic E-state index is 6.89. The van der Waals surface area contributed by atoms with Gasteiger partial charge >= 0.3 is 0 Å². The van der Waals surface area contributed by atoms with Crippen molar-refractivity contribution in [2.24, 2.45) is 15.9 Å². The lowest BCUT2D eigenvalue weighted by atomic mass is 9.82. The Morgan fingerprint density at radius 3 is 2.07 bits per heavy atom. The molecule has 2 atom stereocenters. The minimum atomic E-state index is 0.0320. The van der Waals surface area contributed by atoms with E-state index in [-0.39, 0.29) is 11.8 Å². The summed E-state index contributed by atoms with van der Waals surface area (Å²) in [5, 5.41) is 9.65. The summed E-state index contributed by atoms with van der Waals surface area (Å²) in [7, 11) is 0. The highest BCUT2D eigenvalue weighted by Crippen LogP contribution is 2.46. The summed E-state index contributed by atoms with van der Waals surface area (Å²) in [6, 6.07) is 68.8. The Labute approximate surface area is 391 Å². The number of aliphatic imine (C=N–C) groups is 2. The van der Waals surface area contributed by atoms with Gasteiger partial charge < -0.3 is 4.42 Å². The fraction of sp³-hybridized carbons (Fsp3) is 0.0968. The second kappa shape index (κ2) is 15.1. The van der Waals surface area contributed by atoms with E-state index in [1.165, 1.54) is 69.5 Å². The highest BCUT2D eigenvalue weighted by atomic mass is 32.1.